The van der Waals surface area contributed by atoms with Crippen LogP contribution in [0.4, 0.5) is 4.79 Å². The summed E-state index contributed by atoms with van der Waals surface area (Å²) in [5.41, 5.74) is -0.667. The van der Waals surface area contributed by atoms with Gasteiger partial charge >= 0.3 is 12.0 Å². The molecular formula is C15H26N2O3. The maximum atomic E-state index is 12.6. The lowest BCUT2D eigenvalue weighted by Gasteiger charge is -2.39. The van der Waals surface area contributed by atoms with E-state index in [9.17, 15) is 14.7 Å². The number of hydrogen-bond donors (Lipinski definition) is 1. The van der Waals surface area contributed by atoms with Gasteiger partial charge in [0.05, 0.1) is 5.41 Å². The molecular weight excluding hydrogens is 256 g/mol. The van der Waals surface area contributed by atoms with E-state index >= 15 is 0 Å². The smallest absolute Gasteiger partial charge is 0.320 e. The highest BCUT2D eigenvalue weighted by atomic mass is 16.4. The van der Waals surface area contributed by atoms with Crippen molar-refractivity contribution >= 4 is 12.0 Å². The Morgan fingerprint density at radius 3 is 2.25 bits per heavy atom. The highest BCUT2D eigenvalue weighted by molar-refractivity contribution is 5.77. The zero-order valence-corrected chi connectivity index (χ0v) is 12.8. The third-order valence-corrected chi connectivity index (χ3v) is 4.45. The normalized spacial score (nSPS) is 21.9. The van der Waals surface area contributed by atoms with E-state index in [1.807, 2.05) is 9.80 Å². The van der Waals surface area contributed by atoms with Gasteiger partial charge in [-0.1, -0.05) is 13.8 Å². The Bertz CT molecular complexity index is 383. The largest absolute Gasteiger partial charge is 0.481 e. The maximum absolute atomic E-state index is 12.6. The predicted octanol–water partition coefficient (Wildman–Crippen LogP) is 2.41. The van der Waals surface area contributed by atoms with Crippen molar-refractivity contribution in [2.45, 2.75) is 52.5 Å². The number of nitrogens with zero attached hydrogens (tertiary/aromatic N) is 2. The minimum atomic E-state index is -0.745. The Labute approximate surface area is 120 Å². The molecule has 0 bridgehead atoms. The van der Waals surface area contributed by atoms with E-state index in [1.165, 1.54) is 0 Å². The fraction of sp³-hybridized carbons (Fsp3) is 0.867. The molecule has 114 valence electrons. The Balaban J connectivity index is 1.95. The van der Waals surface area contributed by atoms with Gasteiger partial charge in [-0.2, -0.15) is 0 Å². The van der Waals surface area contributed by atoms with E-state index in [-0.39, 0.29) is 6.03 Å². The molecule has 1 saturated heterocycles. The van der Waals surface area contributed by atoms with E-state index in [0.29, 0.717) is 37.9 Å². The molecule has 1 aliphatic carbocycles. The van der Waals surface area contributed by atoms with Crippen molar-refractivity contribution in [1.82, 2.24) is 9.80 Å². The van der Waals surface area contributed by atoms with Gasteiger partial charge < -0.3 is 14.9 Å². The third-order valence-electron chi connectivity index (χ3n) is 4.45. The number of aliphatic carboxylic acids is 1. The van der Waals surface area contributed by atoms with Crippen LogP contribution in [0.1, 0.15) is 46.5 Å². The number of rotatable bonds is 4. The Kier molecular flexibility index (Phi) is 4.25. The van der Waals surface area contributed by atoms with E-state index in [1.54, 1.807) is 6.92 Å². The van der Waals surface area contributed by atoms with Crippen LogP contribution in [0, 0.1) is 11.3 Å². The number of carbonyl (C=O) groups is 2. The summed E-state index contributed by atoms with van der Waals surface area (Å²) in [6.45, 7) is 7.95. The second-order valence-corrected chi connectivity index (χ2v) is 6.91. The minimum Gasteiger partial charge on any atom is -0.481 e. The van der Waals surface area contributed by atoms with Crippen LogP contribution < -0.4 is 0 Å². The summed E-state index contributed by atoms with van der Waals surface area (Å²) in [7, 11) is 0. The number of urea groups is 1. The highest BCUT2D eigenvalue weighted by Crippen LogP contribution is 2.33. The summed E-state index contributed by atoms with van der Waals surface area (Å²) in [5.74, 6) is -0.278. The molecule has 5 nitrogen and oxygen atoms in total. The second-order valence-electron chi connectivity index (χ2n) is 6.91. The van der Waals surface area contributed by atoms with Crippen LogP contribution in [0.5, 0.6) is 0 Å². The van der Waals surface area contributed by atoms with Gasteiger partial charge in [0.25, 0.3) is 0 Å². The number of hydrogen-bond acceptors (Lipinski definition) is 2. The lowest BCUT2D eigenvalue weighted by molar-refractivity contribution is -0.150. The summed E-state index contributed by atoms with van der Waals surface area (Å²) in [4.78, 5) is 27.7. The van der Waals surface area contributed by atoms with Gasteiger partial charge in [-0.3, -0.25) is 4.79 Å². The molecule has 1 aliphatic heterocycles. The van der Waals surface area contributed by atoms with Crippen LogP contribution in [0.25, 0.3) is 0 Å². The molecule has 2 rings (SSSR count). The van der Waals surface area contributed by atoms with Gasteiger partial charge in [-0.05, 0) is 38.5 Å². The maximum Gasteiger partial charge on any atom is 0.320 e. The van der Waals surface area contributed by atoms with E-state index < -0.39 is 11.4 Å². The summed E-state index contributed by atoms with van der Waals surface area (Å²) in [6.07, 6.45) is 3.32. The standard InChI is InChI=1S/C15H26N2O3/c1-11(2)10-17(12-4-5-12)14(20)16-8-6-15(3,7-9-16)13(18)19/h11-12H,4-10H2,1-3H3,(H,18,19). The van der Waals surface area contributed by atoms with E-state index in [2.05, 4.69) is 13.8 Å². The molecule has 20 heavy (non-hydrogen) atoms. The minimum absolute atomic E-state index is 0.105. The topological polar surface area (TPSA) is 60.9 Å². The van der Waals surface area contributed by atoms with Crippen LogP contribution in [-0.2, 0) is 4.79 Å². The molecule has 0 spiro atoms. The number of carboxylic acid groups (broad SMARTS) is 1. The number of amides is 2. The third kappa shape index (κ3) is 3.25. The van der Waals surface area contributed by atoms with Gasteiger partial charge in [0, 0.05) is 25.7 Å². The zero-order valence-electron chi connectivity index (χ0n) is 12.8. The fourth-order valence-electron chi connectivity index (χ4n) is 2.75. The van der Waals surface area contributed by atoms with Gasteiger partial charge in [-0.25, -0.2) is 4.79 Å². The number of piperidine rings is 1. The van der Waals surface area contributed by atoms with Crippen molar-refractivity contribution in [2.75, 3.05) is 19.6 Å². The molecule has 0 radical (unpaired) electrons. The molecule has 0 aromatic carbocycles. The number of carboxylic acids is 1. The molecule has 0 aromatic rings. The summed E-state index contributed by atoms with van der Waals surface area (Å²) in [6, 6.07) is 0.520. The Morgan fingerprint density at radius 2 is 1.85 bits per heavy atom. The van der Waals surface area contributed by atoms with Crippen LogP contribution in [0.3, 0.4) is 0 Å². The predicted molar refractivity (Wildman–Crippen MR) is 76.5 cm³/mol. The molecule has 2 aliphatic rings. The lowest BCUT2D eigenvalue weighted by atomic mass is 9.80. The molecule has 1 N–H and O–H groups in total. The molecule has 1 heterocycles. The Morgan fingerprint density at radius 1 is 1.30 bits per heavy atom. The number of carbonyl (C=O) groups excluding carboxylic acids is 1. The van der Waals surface area contributed by atoms with E-state index in [4.69, 9.17) is 0 Å². The molecule has 0 atom stereocenters. The first kappa shape index (κ1) is 15.1. The van der Waals surface area contributed by atoms with Crippen LogP contribution in [-0.4, -0.2) is 52.6 Å². The van der Waals surface area contributed by atoms with Gasteiger partial charge in [0.15, 0.2) is 0 Å². The second kappa shape index (κ2) is 5.62. The van der Waals surface area contributed by atoms with Crippen molar-refractivity contribution in [3.05, 3.63) is 0 Å². The molecule has 2 amide bonds. The highest BCUT2D eigenvalue weighted by Gasteiger charge is 2.41. The Hall–Kier alpha value is -1.26. The molecule has 2 fully saturated rings. The lowest BCUT2D eigenvalue weighted by Crippen LogP contribution is -2.51. The zero-order chi connectivity index (χ0) is 14.9. The van der Waals surface area contributed by atoms with Crippen molar-refractivity contribution in [2.24, 2.45) is 11.3 Å². The first-order chi connectivity index (χ1) is 9.33. The number of likely N-dealkylation sites (tertiary alicyclic amines) is 1. The van der Waals surface area contributed by atoms with E-state index in [0.717, 1.165) is 19.4 Å². The van der Waals surface area contributed by atoms with Crippen molar-refractivity contribution in [3.8, 4) is 0 Å². The monoisotopic (exact) mass is 282 g/mol. The summed E-state index contributed by atoms with van der Waals surface area (Å²) in [5, 5.41) is 9.23. The van der Waals surface area contributed by atoms with Crippen LogP contribution in [0.15, 0.2) is 0 Å². The fourth-order valence-corrected chi connectivity index (χ4v) is 2.75. The van der Waals surface area contributed by atoms with Gasteiger partial charge in [0.1, 0.15) is 0 Å². The molecule has 0 aromatic heterocycles. The van der Waals surface area contributed by atoms with Crippen molar-refractivity contribution in [3.63, 3.8) is 0 Å². The molecule has 0 unspecified atom stereocenters. The van der Waals surface area contributed by atoms with Crippen LogP contribution >= 0.6 is 0 Å². The first-order valence-corrected chi connectivity index (χ1v) is 7.62. The SMILES string of the molecule is CC(C)CN(C(=O)N1CCC(C)(C(=O)O)CC1)C1CC1. The summed E-state index contributed by atoms with van der Waals surface area (Å²) >= 11 is 0. The molecule has 1 saturated carbocycles. The van der Waals surface area contributed by atoms with Crippen LogP contribution in [0.2, 0.25) is 0 Å². The quantitative estimate of drug-likeness (QED) is 0.861. The van der Waals surface area contributed by atoms with Gasteiger partial charge in [0.2, 0.25) is 0 Å². The summed E-state index contributed by atoms with van der Waals surface area (Å²) < 4.78 is 0. The first-order valence-electron chi connectivity index (χ1n) is 7.62. The molecule has 5 heteroatoms. The van der Waals surface area contributed by atoms with Crippen molar-refractivity contribution in [1.29, 1.82) is 0 Å². The average Bonchev–Trinajstić information content (AvgIpc) is 3.20. The van der Waals surface area contributed by atoms with Crippen molar-refractivity contribution < 1.29 is 14.7 Å². The average molecular weight is 282 g/mol. The van der Waals surface area contributed by atoms with Gasteiger partial charge in [-0.15, -0.1) is 0 Å².